The fraction of sp³-hybridized carbons (Fsp3) is 0.653. The first-order valence-corrected chi connectivity index (χ1v) is 32.2. The lowest BCUT2D eigenvalue weighted by Crippen LogP contribution is -2.30. The van der Waals surface area contributed by atoms with Gasteiger partial charge in [0.2, 0.25) is 0 Å². The second kappa shape index (κ2) is 65.1. The van der Waals surface area contributed by atoms with Crippen molar-refractivity contribution in [3.8, 4) is 0 Å². The number of carbonyl (C=O) groups excluding carboxylic acids is 3. The van der Waals surface area contributed by atoms with Crippen LogP contribution in [-0.2, 0) is 28.6 Å². The molecule has 0 aromatic heterocycles. The Morgan fingerprint density at radius 1 is 0.269 bits per heavy atom. The van der Waals surface area contributed by atoms with E-state index in [0.717, 1.165) is 148 Å². The van der Waals surface area contributed by atoms with E-state index in [2.05, 4.69) is 154 Å². The van der Waals surface area contributed by atoms with E-state index >= 15 is 0 Å². The standard InChI is InChI=1S/C72H118O6/c1-4-7-10-13-16-19-22-25-28-30-31-32-33-34-35-36-37-38-39-40-41-43-44-47-50-53-56-59-62-65-71(74)77-68-69(67-76-70(73)64-61-58-55-52-49-46-27-24-21-18-15-12-9-6-3)78-72(75)66-63-60-57-54-51-48-45-42-29-26-23-20-17-14-11-8-5-2/h7-8,10-11,15-20,24-29,31-32,34-35,37-38,69H,4-6,9,12-14,21-23,30,33,36,39-68H2,1-3H3/b10-7-,11-8-,18-15-,19-16-,20-17-,27-24-,28-25-,29-26-,32-31-,35-34-,38-37-. The van der Waals surface area contributed by atoms with Crippen molar-refractivity contribution in [3.05, 3.63) is 134 Å². The molecule has 0 aliphatic rings. The van der Waals surface area contributed by atoms with Crippen LogP contribution in [0.5, 0.6) is 0 Å². The average Bonchev–Trinajstić information content (AvgIpc) is 3.44. The molecule has 0 heterocycles. The van der Waals surface area contributed by atoms with Crippen molar-refractivity contribution in [2.24, 2.45) is 0 Å². The monoisotopic (exact) mass is 1080 g/mol. The molecule has 0 aromatic rings. The van der Waals surface area contributed by atoms with Crippen LogP contribution in [0.3, 0.4) is 0 Å². The number of hydrogen-bond donors (Lipinski definition) is 0. The molecule has 0 rings (SSSR count). The van der Waals surface area contributed by atoms with E-state index in [1.165, 1.54) is 96.3 Å². The van der Waals surface area contributed by atoms with Gasteiger partial charge < -0.3 is 14.2 Å². The first kappa shape index (κ1) is 73.5. The third-order valence-corrected chi connectivity index (χ3v) is 13.4. The van der Waals surface area contributed by atoms with Crippen molar-refractivity contribution in [1.82, 2.24) is 0 Å². The molecule has 1 atom stereocenters. The molecule has 442 valence electrons. The summed E-state index contributed by atoms with van der Waals surface area (Å²) in [5.41, 5.74) is 0. The third-order valence-electron chi connectivity index (χ3n) is 13.4. The molecule has 0 saturated carbocycles. The largest absolute Gasteiger partial charge is 0.462 e. The fourth-order valence-corrected chi connectivity index (χ4v) is 8.59. The lowest BCUT2D eigenvalue weighted by Gasteiger charge is -2.18. The predicted molar refractivity (Wildman–Crippen MR) is 339 cm³/mol. The average molecular weight is 1080 g/mol. The number of esters is 3. The molecular weight excluding hydrogens is 961 g/mol. The zero-order valence-corrected chi connectivity index (χ0v) is 50.6. The van der Waals surface area contributed by atoms with Gasteiger partial charge in [0.05, 0.1) is 0 Å². The van der Waals surface area contributed by atoms with Crippen LogP contribution in [0.1, 0.15) is 284 Å². The maximum absolute atomic E-state index is 12.9. The summed E-state index contributed by atoms with van der Waals surface area (Å²) in [7, 11) is 0. The molecule has 0 aliphatic heterocycles. The number of unbranched alkanes of at least 4 members (excludes halogenated alkanes) is 24. The summed E-state index contributed by atoms with van der Waals surface area (Å²) in [4.78, 5) is 38.3. The number of carbonyl (C=O) groups is 3. The Labute approximate surface area is 481 Å². The number of allylic oxidation sites excluding steroid dienone is 22. The van der Waals surface area contributed by atoms with Crippen molar-refractivity contribution in [3.63, 3.8) is 0 Å². The summed E-state index contributed by atoms with van der Waals surface area (Å²) in [6.45, 7) is 6.36. The minimum Gasteiger partial charge on any atom is -0.462 e. The Morgan fingerprint density at radius 2 is 0.500 bits per heavy atom. The topological polar surface area (TPSA) is 78.9 Å². The van der Waals surface area contributed by atoms with Crippen LogP contribution < -0.4 is 0 Å². The van der Waals surface area contributed by atoms with Gasteiger partial charge in [-0.05, 0) is 128 Å². The Bertz CT molecular complexity index is 1670. The van der Waals surface area contributed by atoms with E-state index in [-0.39, 0.29) is 31.1 Å². The van der Waals surface area contributed by atoms with Crippen molar-refractivity contribution in [2.75, 3.05) is 13.2 Å². The fourth-order valence-electron chi connectivity index (χ4n) is 8.59. The molecule has 0 fully saturated rings. The van der Waals surface area contributed by atoms with E-state index in [0.29, 0.717) is 19.3 Å². The zero-order chi connectivity index (χ0) is 56.4. The Hall–Kier alpha value is -4.45. The van der Waals surface area contributed by atoms with Crippen LogP contribution >= 0.6 is 0 Å². The maximum Gasteiger partial charge on any atom is 0.306 e. The van der Waals surface area contributed by atoms with Crippen LogP contribution in [-0.4, -0.2) is 37.2 Å². The molecule has 6 heteroatoms. The van der Waals surface area contributed by atoms with Crippen LogP contribution in [0.25, 0.3) is 0 Å². The molecule has 0 aliphatic carbocycles. The van der Waals surface area contributed by atoms with E-state index in [9.17, 15) is 14.4 Å². The minimum atomic E-state index is -0.796. The van der Waals surface area contributed by atoms with Crippen LogP contribution in [0.2, 0.25) is 0 Å². The Morgan fingerprint density at radius 3 is 0.782 bits per heavy atom. The third kappa shape index (κ3) is 62.4. The highest BCUT2D eigenvalue weighted by Crippen LogP contribution is 2.15. The Kier molecular flexibility index (Phi) is 61.4. The molecule has 0 bridgehead atoms. The smallest absolute Gasteiger partial charge is 0.306 e. The summed E-state index contributed by atoms with van der Waals surface area (Å²) >= 11 is 0. The Balaban J connectivity index is 4.33. The van der Waals surface area contributed by atoms with Crippen molar-refractivity contribution >= 4 is 17.9 Å². The van der Waals surface area contributed by atoms with Gasteiger partial charge in [0.15, 0.2) is 6.10 Å². The summed E-state index contributed by atoms with van der Waals surface area (Å²) in [5.74, 6) is -0.918. The molecule has 1 unspecified atom stereocenters. The van der Waals surface area contributed by atoms with Gasteiger partial charge in [-0.15, -0.1) is 0 Å². The van der Waals surface area contributed by atoms with E-state index in [4.69, 9.17) is 14.2 Å². The number of rotatable bonds is 57. The van der Waals surface area contributed by atoms with Gasteiger partial charge in [-0.1, -0.05) is 270 Å². The minimum absolute atomic E-state index is 0.0919. The lowest BCUT2D eigenvalue weighted by molar-refractivity contribution is -0.167. The van der Waals surface area contributed by atoms with Crippen LogP contribution in [0, 0.1) is 0 Å². The van der Waals surface area contributed by atoms with E-state index in [1.807, 2.05) is 0 Å². The van der Waals surface area contributed by atoms with Gasteiger partial charge in [-0.2, -0.15) is 0 Å². The first-order chi connectivity index (χ1) is 38.5. The van der Waals surface area contributed by atoms with Gasteiger partial charge in [0.25, 0.3) is 0 Å². The molecule has 0 aromatic carbocycles. The van der Waals surface area contributed by atoms with Crippen LogP contribution in [0.4, 0.5) is 0 Å². The van der Waals surface area contributed by atoms with Gasteiger partial charge >= 0.3 is 17.9 Å². The summed E-state index contributed by atoms with van der Waals surface area (Å²) in [6, 6.07) is 0. The molecule has 0 spiro atoms. The highest BCUT2D eigenvalue weighted by atomic mass is 16.6. The summed E-state index contributed by atoms with van der Waals surface area (Å²) < 4.78 is 16.9. The molecule has 78 heavy (non-hydrogen) atoms. The lowest BCUT2D eigenvalue weighted by atomic mass is 10.1. The molecule has 6 nitrogen and oxygen atoms in total. The molecule has 0 N–H and O–H groups in total. The highest BCUT2D eigenvalue weighted by molar-refractivity contribution is 5.71. The second-order valence-electron chi connectivity index (χ2n) is 20.9. The molecule has 0 saturated heterocycles. The van der Waals surface area contributed by atoms with Gasteiger partial charge in [0, 0.05) is 19.3 Å². The zero-order valence-electron chi connectivity index (χ0n) is 50.6. The van der Waals surface area contributed by atoms with Crippen molar-refractivity contribution < 1.29 is 28.6 Å². The quantitative estimate of drug-likeness (QED) is 0.0261. The van der Waals surface area contributed by atoms with E-state index in [1.54, 1.807) is 0 Å². The van der Waals surface area contributed by atoms with Crippen molar-refractivity contribution in [2.45, 2.75) is 290 Å². The maximum atomic E-state index is 12.9. The molecular formula is C72H118O6. The summed E-state index contributed by atoms with van der Waals surface area (Å²) in [6.07, 6.45) is 91.7. The van der Waals surface area contributed by atoms with Gasteiger partial charge in [-0.25, -0.2) is 0 Å². The van der Waals surface area contributed by atoms with Crippen molar-refractivity contribution in [1.29, 1.82) is 0 Å². The van der Waals surface area contributed by atoms with Gasteiger partial charge in [0.1, 0.15) is 13.2 Å². The van der Waals surface area contributed by atoms with Gasteiger partial charge in [-0.3, -0.25) is 14.4 Å². The molecule has 0 amide bonds. The van der Waals surface area contributed by atoms with Crippen LogP contribution in [0.15, 0.2) is 134 Å². The number of hydrogen-bond acceptors (Lipinski definition) is 6. The highest BCUT2D eigenvalue weighted by Gasteiger charge is 2.19. The number of ether oxygens (including phenoxy) is 3. The normalized spacial score (nSPS) is 13.0. The summed E-state index contributed by atoms with van der Waals surface area (Å²) in [5, 5.41) is 0. The predicted octanol–water partition coefficient (Wildman–Crippen LogP) is 22.2. The van der Waals surface area contributed by atoms with E-state index < -0.39 is 6.10 Å². The SMILES string of the molecule is CC/C=C\C/C=C\C/C=C\C/C=C\C/C=C\C/C=C\CCCCCCCCCCCCC(=O)OCC(COC(=O)CCCCCCC/C=C\C/C=C\CCCC)OC(=O)CCCCCCCCC/C=C\C/C=C\C/C=C\CC. The second-order valence-corrected chi connectivity index (χ2v) is 20.9. The molecule has 0 radical (unpaired) electrons. The first-order valence-electron chi connectivity index (χ1n) is 32.2.